The molecule has 1 aliphatic rings. The van der Waals surface area contributed by atoms with Crippen LogP contribution in [0.4, 0.5) is 9.52 Å². The number of carbonyl (C=O) groups excluding carboxylic acids is 2. The van der Waals surface area contributed by atoms with Crippen LogP contribution in [0.2, 0.25) is 0 Å². The van der Waals surface area contributed by atoms with Gasteiger partial charge in [-0.3, -0.25) is 14.9 Å². The standard InChI is InChI=1S/C25H18FN3O2S.H2/c26-21-9-5-4-8-19(21)17-10-11-18-15-29(24(31)20(18)14-17)22(16-6-2-1-3-7-16)23(30)28-25-27-12-13-32-25;/h1-14,22H,15H2,(H,27,28,30);1H/t22-;/m1./s1. The first-order valence-electron chi connectivity index (χ1n) is 10.1. The van der Waals surface area contributed by atoms with E-state index in [1.807, 2.05) is 36.4 Å². The molecule has 0 radical (unpaired) electrons. The summed E-state index contributed by atoms with van der Waals surface area (Å²) in [5.41, 5.74) is 3.05. The van der Waals surface area contributed by atoms with Gasteiger partial charge in [0.25, 0.3) is 11.8 Å². The van der Waals surface area contributed by atoms with Crippen LogP contribution < -0.4 is 5.32 Å². The highest BCUT2D eigenvalue weighted by atomic mass is 32.1. The number of nitrogens with zero attached hydrogens (tertiary/aromatic N) is 2. The van der Waals surface area contributed by atoms with E-state index in [9.17, 15) is 14.0 Å². The Bertz CT molecular complexity index is 1300. The van der Waals surface area contributed by atoms with E-state index in [1.165, 1.54) is 17.4 Å². The van der Waals surface area contributed by atoms with Crippen LogP contribution >= 0.6 is 11.3 Å². The molecule has 0 bridgehead atoms. The molecular formula is C25H20FN3O2S. The van der Waals surface area contributed by atoms with Gasteiger partial charge in [0.15, 0.2) is 5.13 Å². The van der Waals surface area contributed by atoms with Crippen LogP contribution in [0, 0.1) is 5.82 Å². The van der Waals surface area contributed by atoms with E-state index in [1.54, 1.807) is 46.8 Å². The molecule has 0 fully saturated rings. The number of hydrogen-bond donors (Lipinski definition) is 1. The van der Waals surface area contributed by atoms with Gasteiger partial charge in [0.05, 0.1) is 0 Å². The molecule has 5 nitrogen and oxygen atoms in total. The maximum atomic E-state index is 14.3. The molecule has 1 N–H and O–H groups in total. The number of aromatic nitrogens is 1. The second-order valence-electron chi connectivity index (χ2n) is 7.42. The van der Waals surface area contributed by atoms with E-state index in [0.29, 0.717) is 27.4 Å². The van der Waals surface area contributed by atoms with Gasteiger partial charge in [-0.1, -0.05) is 60.7 Å². The Hall–Kier alpha value is -3.84. The minimum Gasteiger partial charge on any atom is -0.318 e. The zero-order valence-corrected chi connectivity index (χ0v) is 17.7. The van der Waals surface area contributed by atoms with Crippen molar-refractivity contribution in [3.05, 3.63) is 107 Å². The molecule has 5 rings (SSSR count). The summed E-state index contributed by atoms with van der Waals surface area (Å²) < 4.78 is 14.3. The van der Waals surface area contributed by atoms with E-state index in [0.717, 1.165) is 5.56 Å². The highest BCUT2D eigenvalue weighted by Crippen LogP contribution is 2.35. The Labute approximate surface area is 189 Å². The molecule has 1 atom stereocenters. The van der Waals surface area contributed by atoms with E-state index in [4.69, 9.17) is 0 Å². The third-order valence-electron chi connectivity index (χ3n) is 5.46. The average Bonchev–Trinajstić information content (AvgIpc) is 3.43. The summed E-state index contributed by atoms with van der Waals surface area (Å²) in [7, 11) is 0. The number of nitrogens with one attached hydrogen (secondary N) is 1. The number of fused-ring (bicyclic) bond motifs is 1. The highest BCUT2D eigenvalue weighted by molar-refractivity contribution is 7.13. The van der Waals surface area contributed by atoms with Crippen LogP contribution in [-0.4, -0.2) is 21.7 Å². The third kappa shape index (κ3) is 3.67. The Morgan fingerprint density at radius 1 is 1.06 bits per heavy atom. The lowest BCUT2D eigenvalue weighted by Crippen LogP contribution is -2.37. The van der Waals surface area contributed by atoms with Crippen molar-refractivity contribution in [1.82, 2.24) is 9.88 Å². The first kappa shape index (κ1) is 20.1. The lowest BCUT2D eigenvalue weighted by Gasteiger charge is -2.27. The van der Waals surface area contributed by atoms with Gasteiger partial charge < -0.3 is 4.90 Å². The fraction of sp³-hybridized carbons (Fsp3) is 0.0800. The Balaban J connectivity index is 0.00000259. The summed E-state index contributed by atoms with van der Waals surface area (Å²) >= 11 is 1.31. The van der Waals surface area contributed by atoms with Crippen molar-refractivity contribution in [2.45, 2.75) is 12.6 Å². The molecule has 160 valence electrons. The predicted molar refractivity (Wildman–Crippen MR) is 124 cm³/mol. The van der Waals surface area contributed by atoms with Gasteiger partial charge in [0, 0.05) is 30.7 Å². The van der Waals surface area contributed by atoms with Gasteiger partial charge in [-0.05, 0) is 28.8 Å². The molecule has 0 spiro atoms. The first-order valence-corrected chi connectivity index (χ1v) is 10.9. The monoisotopic (exact) mass is 445 g/mol. The molecule has 0 aliphatic carbocycles. The van der Waals surface area contributed by atoms with Crippen molar-refractivity contribution in [3.63, 3.8) is 0 Å². The molecule has 0 saturated carbocycles. The number of benzene rings is 3. The number of halogens is 1. The molecule has 0 unspecified atom stereocenters. The summed E-state index contributed by atoms with van der Waals surface area (Å²) in [6.07, 6.45) is 1.61. The summed E-state index contributed by atoms with van der Waals surface area (Å²) in [6, 6.07) is 20.2. The van der Waals surface area contributed by atoms with Crippen molar-refractivity contribution < 1.29 is 15.4 Å². The molecule has 1 aliphatic heterocycles. The van der Waals surface area contributed by atoms with E-state index in [-0.39, 0.29) is 25.6 Å². The third-order valence-corrected chi connectivity index (χ3v) is 6.15. The summed E-state index contributed by atoms with van der Waals surface area (Å²) in [5, 5.41) is 5.06. The second-order valence-corrected chi connectivity index (χ2v) is 8.32. The Kier molecular flexibility index (Phi) is 5.25. The van der Waals surface area contributed by atoms with Crippen LogP contribution in [0.15, 0.2) is 84.4 Å². The largest absolute Gasteiger partial charge is 0.318 e. The summed E-state index contributed by atoms with van der Waals surface area (Å²) in [4.78, 5) is 32.3. The lowest BCUT2D eigenvalue weighted by atomic mass is 10.00. The zero-order chi connectivity index (χ0) is 22.1. The number of hydrogen-bond acceptors (Lipinski definition) is 4. The first-order chi connectivity index (χ1) is 15.6. The van der Waals surface area contributed by atoms with Crippen LogP contribution in [0.3, 0.4) is 0 Å². The fourth-order valence-electron chi connectivity index (χ4n) is 3.96. The SMILES string of the molecule is O=C(Nc1nccs1)[C@@H](c1ccccc1)N1Cc2ccc(-c3ccccc3F)cc2C1=O.[HH]. The van der Waals surface area contributed by atoms with Gasteiger partial charge in [-0.2, -0.15) is 0 Å². The fourth-order valence-corrected chi connectivity index (χ4v) is 4.49. The number of thiazole rings is 1. The molecule has 32 heavy (non-hydrogen) atoms. The molecule has 0 saturated heterocycles. The quantitative estimate of drug-likeness (QED) is 0.439. The highest BCUT2D eigenvalue weighted by Gasteiger charge is 2.37. The number of rotatable bonds is 5. The summed E-state index contributed by atoms with van der Waals surface area (Å²) in [5.74, 6) is -0.942. The molecule has 1 aromatic heterocycles. The van der Waals surface area contributed by atoms with Gasteiger partial charge in [0.2, 0.25) is 0 Å². The maximum Gasteiger partial charge on any atom is 0.255 e. The predicted octanol–water partition coefficient (Wildman–Crippen LogP) is 5.53. The van der Waals surface area contributed by atoms with E-state index in [2.05, 4.69) is 10.3 Å². The van der Waals surface area contributed by atoms with Crippen molar-refractivity contribution >= 4 is 28.3 Å². The molecule has 4 aromatic rings. The Morgan fingerprint density at radius 3 is 2.59 bits per heavy atom. The normalized spacial score (nSPS) is 13.7. The molecule has 7 heteroatoms. The van der Waals surface area contributed by atoms with Gasteiger partial charge >= 0.3 is 0 Å². The van der Waals surface area contributed by atoms with Gasteiger partial charge in [-0.15, -0.1) is 11.3 Å². The molecular weight excluding hydrogens is 425 g/mol. The van der Waals surface area contributed by atoms with Crippen molar-refractivity contribution in [2.24, 2.45) is 0 Å². The van der Waals surface area contributed by atoms with E-state index < -0.39 is 6.04 Å². The number of anilines is 1. The van der Waals surface area contributed by atoms with Crippen molar-refractivity contribution in [2.75, 3.05) is 5.32 Å². The minimum absolute atomic E-state index is 0. The molecule has 2 heterocycles. The second kappa shape index (κ2) is 8.36. The van der Waals surface area contributed by atoms with Crippen LogP contribution in [-0.2, 0) is 11.3 Å². The number of amides is 2. The molecule has 2 amide bonds. The van der Waals surface area contributed by atoms with Crippen molar-refractivity contribution in [3.8, 4) is 11.1 Å². The van der Waals surface area contributed by atoms with Crippen molar-refractivity contribution in [1.29, 1.82) is 0 Å². The zero-order valence-electron chi connectivity index (χ0n) is 16.9. The van der Waals surface area contributed by atoms with Gasteiger partial charge in [-0.25, -0.2) is 9.37 Å². The van der Waals surface area contributed by atoms with E-state index >= 15 is 0 Å². The minimum atomic E-state index is -0.822. The van der Waals surface area contributed by atoms with Crippen LogP contribution in [0.5, 0.6) is 0 Å². The molecule has 3 aromatic carbocycles. The Morgan fingerprint density at radius 2 is 1.84 bits per heavy atom. The van der Waals surface area contributed by atoms with Crippen LogP contribution in [0.25, 0.3) is 11.1 Å². The number of carbonyl (C=O) groups is 2. The summed E-state index contributed by atoms with van der Waals surface area (Å²) in [6.45, 7) is 0.288. The van der Waals surface area contributed by atoms with Gasteiger partial charge in [0.1, 0.15) is 11.9 Å². The lowest BCUT2D eigenvalue weighted by molar-refractivity contribution is -0.120. The smallest absolute Gasteiger partial charge is 0.255 e. The average molecular weight is 446 g/mol. The van der Waals surface area contributed by atoms with Crippen LogP contribution in [0.1, 0.15) is 29.0 Å². The topological polar surface area (TPSA) is 62.3 Å². The maximum absolute atomic E-state index is 14.3.